The zero-order valence-electron chi connectivity index (χ0n) is 14.3. The fourth-order valence-electron chi connectivity index (χ4n) is 3.17. The van der Waals surface area contributed by atoms with Crippen LogP contribution in [0.1, 0.15) is 16.7 Å². The highest BCUT2D eigenvalue weighted by Crippen LogP contribution is 2.50. The topological polar surface area (TPSA) is 94.8 Å². The van der Waals surface area contributed by atoms with Gasteiger partial charge in [0.15, 0.2) is 4.75 Å². The first-order valence-electron chi connectivity index (χ1n) is 7.89. The average molecular weight is 494 g/mol. The van der Waals surface area contributed by atoms with E-state index in [-0.39, 0.29) is 42.5 Å². The van der Waals surface area contributed by atoms with E-state index in [1.54, 1.807) is 0 Å². The fraction of sp³-hybridized carbons (Fsp3) is 0.0526. The van der Waals surface area contributed by atoms with Crippen LogP contribution in [0, 0.1) is 0 Å². The first kappa shape index (κ1) is 22.0. The van der Waals surface area contributed by atoms with Crippen LogP contribution in [0.2, 0.25) is 20.1 Å². The Morgan fingerprint density at radius 1 is 0.724 bits per heavy atom. The lowest BCUT2D eigenvalue weighted by Gasteiger charge is -2.33. The predicted octanol–water partition coefficient (Wildman–Crippen LogP) is 5.89. The van der Waals surface area contributed by atoms with E-state index in [1.165, 1.54) is 30.3 Å². The lowest BCUT2D eigenvalue weighted by molar-refractivity contribution is 0.440. The summed E-state index contributed by atoms with van der Waals surface area (Å²) in [5.41, 5.74) is -0.347. The van der Waals surface area contributed by atoms with Crippen LogP contribution in [-0.2, 0) is 14.9 Å². The molecule has 0 aliphatic rings. The minimum atomic E-state index is -5.04. The molecule has 3 aromatic carbocycles. The predicted molar refractivity (Wildman–Crippen MR) is 114 cm³/mol. The highest BCUT2D eigenvalue weighted by molar-refractivity contribution is 7.87. The van der Waals surface area contributed by atoms with Crippen LogP contribution >= 0.6 is 46.4 Å². The van der Waals surface area contributed by atoms with Crippen LogP contribution in [0.25, 0.3) is 0 Å². The normalized spacial score (nSPS) is 13.8. The number of rotatable bonds is 4. The molecule has 0 saturated carbocycles. The van der Waals surface area contributed by atoms with Crippen molar-refractivity contribution in [2.75, 3.05) is 0 Å². The number of phenols is 2. The smallest absolute Gasteiger partial charge is 0.283 e. The van der Waals surface area contributed by atoms with E-state index < -0.39 is 20.6 Å². The molecule has 0 aliphatic heterocycles. The minimum absolute atomic E-state index is 0.00273. The summed E-state index contributed by atoms with van der Waals surface area (Å²) in [5.74, 6) is -0.842. The van der Waals surface area contributed by atoms with Crippen LogP contribution in [0.15, 0.2) is 54.6 Å². The fourth-order valence-corrected chi connectivity index (χ4v) is 5.15. The minimum Gasteiger partial charge on any atom is -0.508 e. The molecule has 3 rings (SSSR count). The van der Waals surface area contributed by atoms with Crippen LogP contribution in [0.5, 0.6) is 11.5 Å². The van der Waals surface area contributed by atoms with Crippen molar-refractivity contribution in [3.05, 3.63) is 91.4 Å². The largest absolute Gasteiger partial charge is 0.508 e. The molecule has 10 heteroatoms. The van der Waals surface area contributed by atoms with E-state index in [2.05, 4.69) is 0 Å². The third-order valence-corrected chi connectivity index (χ3v) is 7.12. The Bertz CT molecular complexity index is 1210. The standard InChI is InChI=1S/C19H12Cl4O5S/c20-12-3-1-2-10(6-12)19(29(26,27)28,11-4-5-17(24)16(23)7-11)13-8-14(21)15(22)9-18(13)25/h1-9,24-25H,(H,26,27,28). The molecule has 152 valence electrons. The number of benzene rings is 3. The molecule has 0 amide bonds. The highest BCUT2D eigenvalue weighted by atomic mass is 35.5. The van der Waals surface area contributed by atoms with Crippen LogP contribution in [0.4, 0.5) is 0 Å². The van der Waals surface area contributed by atoms with Crippen molar-refractivity contribution in [2.45, 2.75) is 4.75 Å². The van der Waals surface area contributed by atoms with Crippen LogP contribution in [0.3, 0.4) is 0 Å². The van der Waals surface area contributed by atoms with Gasteiger partial charge in [-0.2, -0.15) is 8.42 Å². The first-order valence-corrected chi connectivity index (χ1v) is 10.8. The van der Waals surface area contributed by atoms with Gasteiger partial charge in [0.2, 0.25) is 0 Å². The molecular formula is C19H12Cl4O5S. The molecule has 5 nitrogen and oxygen atoms in total. The molecule has 0 radical (unpaired) electrons. The molecule has 0 saturated heterocycles. The first-order chi connectivity index (χ1) is 13.5. The van der Waals surface area contributed by atoms with Gasteiger partial charge >= 0.3 is 0 Å². The van der Waals surface area contributed by atoms with E-state index in [9.17, 15) is 23.2 Å². The summed E-state index contributed by atoms with van der Waals surface area (Å²) in [6.45, 7) is 0. The van der Waals surface area contributed by atoms with Gasteiger partial charge in [0.05, 0.1) is 15.1 Å². The van der Waals surface area contributed by atoms with Gasteiger partial charge in [-0.15, -0.1) is 0 Å². The molecule has 3 aromatic rings. The van der Waals surface area contributed by atoms with Crippen molar-refractivity contribution in [3.63, 3.8) is 0 Å². The molecular weight excluding hydrogens is 482 g/mol. The quantitative estimate of drug-likeness (QED) is 0.311. The Morgan fingerprint density at radius 2 is 1.34 bits per heavy atom. The average Bonchev–Trinajstić information content (AvgIpc) is 2.62. The van der Waals surface area contributed by atoms with E-state index in [0.717, 1.165) is 24.3 Å². The van der Waals surface area contributed by atoms with Crippen LogP contribution in [-0.4, -0.2) is 23.2 Å². The Labute approximate surface area is 186 Å². The Hall–Kier alpha value is -1.67. The number of phenolic OH excluding ortho intramolecular Hbond substituents is 2. The Balaban J connectivity index is 2.58. The van der Waals surface area contributed by atoms with Gasteiger partial charge in [-0.25, -0.2) is 0 Å². The third kappa shape index (κ3) is 3.77. The lowest BCUT2D eigenvalue weighted by Crippen LogP contribution is -2.38. The molecule has 1 unspecified atom stereocenters. The third-order valence-electron chi connectivity index (χ3n) is 4.39. The van der Waals surface area contributed by atoms with Crippen molar-refractivity contribution in [1.82, 2.24) is 0 Å². The molecule has 0 fully saturated rings. The maximum Gasteiger partial charge on any atom is 0.283 e. The molecule has 0 aromatic heterocycles. The summed E-state index contributed by atoms with van der Waals surface area (Å²) in [7, 11) is -5.04. The molecule has 0 aliphatic carbocycles. The van der Waals surface area contributed by atoms with E-state index in [4.69, 9.17) is 46.4 Å². The van der Waals surface area contributed by atoms with Gasteiger partial charge in [-0.05, 0) is 41.5 Å². The van der Waals surface area contributed by atoms with Gasteiger partial charge in [0.25, 0.3) is 10.1 Å². The van der Waals surface area contributed by atoms with Gasteiger partial charge in [-0.3, -0.25) is 4.55 Å². The maximum atomic E-state index is 12.9. The number of aromatic hydroxyl groups is 2. The van der Waals surface area contributed by atoms with Crippen molar-refractivity contribution in [2.24, 2.45) is 0 Å². The van der Waals surface area contributed by atoms with Crippen molar-refractivity contribution in [1.29, 1.82) is 0 Å². The zero-order chi connectivity index (χ0) is 21.6. The maximum absolute atomic E-state index is 12.9. The van der Waals surface area contributed by atoms with Crippen molar-refractivity contribution in [3.8, 4) is 11.5 Å². The Kier molecular flexibility index (Phi) is 5.98. The molecule has 1 atom stereocenters. The summed E-state index contributed by atoms with van der Waals surface area (Å²) in [6, 6.07) is 11.5. The van der Waals surface area contributed by atoms with Gasteiger partial charge in [0.1, 0.15) is 11.5 Å². The number of hydrogen-bond acceptors (Lipinski definition) is 4. The van der Waals surface area contributed by atoms with Gasteiger partial charge in [-0.1, -0.05) is 64.6 Å². The summed E-state index contributed by atoms with van der Waals surface area (Å²) in [6.07, 6.45) is 0. The van der Waals surface area contributed by atoms with Gasteiger partial charge in [0, 0.05) is 16.7 Å². The monoisotopic (exact) mass is 492 g/mol. The van der Waals surface area contributed by atoms with Crippen molar-refractivity contribution < 1.29 is 23.2 Å². The Morgan fingerprint density at radius 3 is 1.93 bits per heavy atom. The van der Waals surface area contributed by atoms with Crippen molar-refractivity contribution >= 4 is 56.5 Å². The van der Waals surface area contributed by atoms with Crippen LogP contribution < -0.4 is 0 Å². The lowest BCUT2D eigenvalue weighted by atomic mass is 9.83. The molecule has 3 N–H and O–H groups in total. The summed E-state index contributed by atoms with van der Waals surface area (Å²) in [4.78, 5) is 0. The molecule has 0 heterocycles. The molecule has 0 spiro atoms. The summed E-state index contributed by atoms with van der Waals surface area (Å²) in [5, 5.41) is 20.3. The van der Waals surface area contributed by atoms with Gasteiger partial charge < -0.3 is 10.2 Å². The molecule has 29 heavy (non-hydrogen) atoms. The zero-order valence-corrected chi connectivity index (χ0v) is 18.1. The molecule has 0 bridgehead atoms. The SMILES string of the molecule is O=S(=O)(O)C(c1cccc(Cl)c1)(c1ccc(O)c(Cl)c1)c1cc(Cl)c(Cl)cc1O. The second kappa shape index (κ2) is 7.87. The second-order valence-corrected chi connectivity index (χ2v) is 9.34. The van der Waals surface area contributed by atoms with E-state index >= 15 is 0 Å². The van der Waals surface area contributed by atoms with E-state index in [1.807, 2.05) is 0 Å². The van der Waals surface area contributed by atoms with E-state index in [0.29, 0.717) is 0 Å². The number of halogens is 4. The summed E-state index contributed by atoms with van der Waals surface area (Å²) >= 11 is 24.1. The summed E-state index contributed by atoms with van der Waals surface area (Å²) < 4.78 is 33.9. The number of hydrogen-bond donors (Lipinski definition) is 3. The highest BCUT2D eigenvalue weighted by Gasteiger charge is 2.50. The second-order valence-electron chi connectivity index (χ2n) is 6.12.